The fourth-order valence-electron chi connectivity index (χ4n) is 2.18. The van der Waals surface area contributed by atoms with Crippen LogP contribution in [0, 0.1) is 13.8 Å². The Hall–Kier alpha value is -2.95. The van der Waals surface area contributed by atoms with Gasteiger partial charge in [-0.05, 0) is 37.1 Å². The molecule has 0 atom stereocenters. The van der Waals surface area contributed by atoms with Crippen molar-refractivity contribution in [2.45, 2.75) is 20.5 Å². The van der Waals surface area contributed by atoms with Crippen molar-refractivity contribution in [3.8, 4) is 5.75 Å². The van der Waals surface area contributed by atoms with Gasteiger partial charge in [0.05, 0.1) is 6.21 Å². The molecule has 116 valence electrons. The second kappa shape index (κ2) is 6.87. The molecule has 0 bridgehead atoms. The largest absolute Gasteiger partial charge is 0.489 e. The Morgan fingerprint density at radius 1 is 1.00 bits per heavy atom. The van der Waals surface area contributed by atoms with Crippen LogP contribution in [0.1, 0.15) is 22.8 Å². The zero-order valence-corrected chi connectivity index (χ0v) is 13.2. The van der Waals surface area contributed by atoms with Crippen LogP contribution in [0.25, 0.3) is 0 Å². The summed E-state index contributed by atoms with van der Waals surface area (Å²) in [6.45, 7) is 4.29. The zero-order chi connectivity index (χ0) is 16.1. The Bertz CT molecular complexity index is 789. The Morgan fingerprint density at radius 3 is 2.48 bits per heavy atom. The maximum Gasteiger partial charge on any atom is 0.151 e. The van der Waals surface area contributed by atoms with E-state index in [0.29, 0.717) is 6.61 Å². The molecule has 5 nitrogen and oxygen atoms in total. The number of rotatable bonds is 5. The molecule has 2 aromatic carbocycles. The van der Waals surface area contributed by atoms with Crippen molar-refractivity contribution >= 4 is 6.21 Å². The van der Waals surface area contributed by atoms with E-state index in [1.165, 1.54) is 0 Å². The number of ether oxygens (including phenoxy) is 1. The lowest BCUT2D eigenvalue weighted by molar-refractivity contribution is 0.306. The first kappa shape index (κ1) is 15.0. The molecule has 0 fully saturated rings. The molecule has 1 heterocycles. The van der Waals surface area contributed by atoms with Crippen LogP contribution < -0.4 is 4.74 Å². The Morgan fingerprint density at radius 2 is 1.74 bits per heavy atom. The minimum Gasteiger partial charge on any atom is -0.489 e. The van der Waals surface area contributed by atoms with Gasteiger partial charge in [-0.2, -0.15) is 5.10 Å². The van der Waals surface area contributed by atoms with Crippen molar-refractivity contribution in [3.63, 3.8) is 0 Å². The van der Waals surface area contributed by atoms with Crippen molar-refractivity contribution < 1.29 is 4.74 Å². The topological polar surface area (TPSA) is 52.3 Å². The molecule has 1 aromatic heterocycles. The summed E-state index contributed by atoms with van der Waals surface area (Å²) in [4.78, 5) is 0. The highest BCUT2D eigenvalue weighted by molar-refractivity contribution is 5.80. The third-order valence-corrected chi connectivity index (χ3v) is 3.38. The third kappa shape index (κ3) is 3.83. The van der Waals surface area contributed by atoms with Crippen LogP contribution >= 0.6 is 0 Å². The Labute approximate surface area is 135 Å². The van der Waals surface area contributed by atoms with E-state index in [9.17, 15) is 0 Å². The number of hydrogen-bond acceptors (Lipinski definition) is 4. The molecule has 0 unspecified atom stereocenters. The van der Waals surface area contributed by atoms with Crippen molar-refractivity contribution in [2.24, 2.45) is 5.10 Å². The SMILES string of the molecule is Cc1nnc(C)n1N=Cc1cccc(OCc2ccccc2)c1. The third-order valence-electron chi connectivity index (χ3n) is 3.38. The summed E-state index contributed by atoms with van der Waals surface area (Å²) in [6.07, 6.45) is 1.78. The minimum atomic E-state index is 0.547. The van der Waals surface area contributed by atoms with E-state index in [-0.39, 0.29) is 0 Å². The predicted molar refractivity (Wildman–Crippen MR) is 89.7 cm³/mol. The molecule has 5 heteroatoms. The summed E-state index contributed by atoms with van der Waals surface area (Å²) in [6, 6.07) is 17.9. The molecule has 0 saturated carbocycles. The summed E-state index contributed by atoms with van der Waals surface area (Å²) in [7, 11) is 0. The summed E-state index contributed by atoms with van der Waals surface area (Å²) in [5, 5.41) is 12.4. The van der Waals surface area contributed by atoms with Crippen LogP contribution in [0.2, 0.25) is 0 Å². The van der Waals surface area contributed by atoms with Gasteiger partial charge in [0.2, 0.25) is 0 Å². The number of aromatic nitrogens is 3. The van der Waals surface area contributed by atoms with Gasteiger partial charge in [0.15, 0.2) is 11.6 Å². The maximum absolute atomic E-state index is 5.82. The fourth-order valence-corrected chi connectivity index (χ4v) is 2.18. The van der Waals surface area contributed by atoms with Crippen LogP contribution in [-0.2, 0) is 6.61 Å². The molecule has 0 saturated heterocycles. The van der Waals surface area contributed by atoms with E-state index in [0.717, 1.165) is 28.5 Å². The van der Waals surface area contributed by atoms with E-state index >= 15 is 0 Å². The summed E-state index contributed by atoms with van der Waals surface area (Å²) in [5.74, 6) is 2.33. The molecule has 3 rings (SSSR count). The quantitative estimate of drug-likeness (QED) is 0.679. The first-order valence-electron chi connectivity index (χ1n) is 7.42. The molecular weight excluding hydrogens is 288 g/mol. The van der Waals surface area contributed by atoms with Crippen molar-refractivity contribution in [1.82, 2.24) is 14.9 Å². The molecule has 0 N–H and O–H groups in total. The lowest BCUT2D eigenvalue weighted by Crippen LogP contribution is -1.97. The second-order valence-electron chi connectivity index (χ2n) is 5.20. The van der Waals surface area contributed by atoms with Gasteiger partial charge in [-0.3, -0.25) is 0 Å². The highest BCUT2D eigenvalue weighted by Crippen LogP contribution is 2.14. The average molecular weight is 306 g/mol. The van der Waals surface area contributed by atoms with Crippen molar-refractivity contribution in [1.29, 1.82) is 0 Å². The van der Waals surface area contributed by atoms with Crippen LogP contribution in [-0.4, -0.2) is 21.1 Å². The zero-order valence-electron chi connectivity index (χ0n) is 13.2. The lowest BCUT2D eigenvalue weighted by Gasteiger charge is -2.06. The van der Waals surface area contributed by atoms with E-state index in [1.54, 1.807) is 10.9 Å². The van der Waals surface area contributed by atoms with E-state index in [1.807, 2.05) is 68.4 Å². The first-order chi connectivity index (χ1) is 11.2. The van der Waals surface area contributed by atoms with E-state index in [2.05, 4.69) is 15.3 Å². The number of nitrogens with zero attached hydrogens (tertiary/aromatic N) is 4. The number of hydrogen-bond donors (Lipinski definition) is 0. The van der Waals surface area contributed by atoms with Gasteiger partial charge in [0, 0.05) is 0 Å². The second-order valence-corrected chi connectivity index (χ2v) is 5.20. The van der Waals surface area contributed by atoms with E-state index < -0.39 is 0 Å². The number of aryl methyl sites for hydroxylation is 2. The van der Waals surface area contributed by atoms with Crippen LogP contribution in [0.4, 0.5) is 0 Å². The molecule has 0 aliphatic carbocycles. The first-order valence-corrected chi connectivity index (χ1v) is 7.42. The van der Waals surface area contributed by atoms with Gasteiger partial charge < -0.3 is 4.74 Å². The Balaban J connectivity index is 1.70. The average Bonchev–Trinajstić information content (AvgIpc) is 2.91. The number of benzene rings is 2. The highest BCUT2D eigenvalue weighted by Gasteiger charge is 2.01. The summed E-state index contributed by atoms with van der Waals surface area (Å²) >= 11 is 0. The lowest BCUT2D eigenvalue weighted by atomic mass is 10.2. The van der Waals surface area contributed by atoms with Crippen LogP contribution in [0.3, 0.4) is 0 Å². The maximum atomic E-state index is 5.82. The normalized spacial score (nSPS) is 11.0. The van der Waals surface area contributed by atoms with Gasteiger partial charge in [-0.15, -0.1) is 10.2 Å². The molecule has 0 aliphatic rings. The predicted octanol–water partition coefficient (Wildman–Crippen LogP) is 3.36. The van der Waals surface area contributed by atoms with Crippen LogP contribution in [0.5, 0.6) is 5.75 Å². The van der Waals surface area contributed by atoms with Crippen molar-refractivity contribution in [3.05, 3.63) is 77.4 Å². The highest BCUT2D eigenvalue weighted by atomic mass is 16.5. The molecule has 0 radical (unpaired) electrons. The Kier molecular flexibility index (Phi) is 4.47. The van der Waals surface area contributed by atoms with Gasteiger partial charge in [-0.25, -0.2) is 4.68 Å². The van der Waals surface area contributed by atoms with Crippen molar-refractivity contribution in [2.75, 3.05) is 0 Å². The van der Waals surface area contributed by atoms with Gasteiger partial charge in [0.25, 0.3) is 0 Å². The monoisotopic (exact) mass is 306 g/mol. The smallest absolute Gasteiger partial charge is 0.151 e. The molecule has 23 heavy (non-hydrogen) atoms. The fraction of sp³-hybridized carbons (Fsp3) is 0.167. The molecule has 0 amide bonds. The van der Waals surface area contributed by atoms with Gasteiger partial charge in [-0.1, -0.05) is 42.5 Å². The summed E-state index contributed by atoms with van der Waals surface area (Å²) < 4.78 is 7.53. The molecule has 3 aromatic rings. The molecule has 0 aliphatic heterocycles. The van der Waals surface area contributed by atoms with Crippen LogP contribution in [0.15, 0.2) is 59.7 Å². The summed E-state index contributed by atoms with van der Waals surface area (Å²) in [5.41, 5.74) is 2.10. The van der Waals surface area contributed by atoms with Gasteiger partial charge >= 0.3 is 0 Å². The minimum absolute atomic E-state index is 0.547. The van der Waals surface area contributed by atoms with Gasteiger partial charge in [0.1, 0.15) is 12.4 Å². The standard InChI is InChI=1S/C18H18N4O/c1-14-20-21-15(2)22(14)19-12-17-9-6-10-18(11-17)23-13-16-7-4-3-5-8-16/h3-12H,13H2,1-2H3. The van der Waals surface area contributed by atoms with E-state index in [4.69, 9.17) is 4.74 Å². The molecular formula is C18H18N4O. The molecule has 0 spiro atoms.